The van der Waals surface area contributed by atoms with Crippen molar-refractivity contribution in [3.8, 4) is 11.3 Å². The van der Waals surface area contributed by atoms with Crippen LogP contribution in [0.4, 0.5) is 0 Å². The van der Waals surface area contributed by atoms with Crippen molar-refractivity contribution < 1.29 is 0 Å². The Kier molecular flexibility index (Phi) is 3.93. The standard InChI is InChI=1S/C25H23N/c1-2-6-18(7-3-1)20-14-15-26-25(17-20)22-12-13-24-21(16-22)11-10-19-8-4-5-9-23(19)24/h4-5,8-18H,1-3,6-7H2. The minimum absolute atomic E-state index is 0.718. The number of benzene rings is 3. The number of fused-ring (bicyclic) bond motifs is 3. The molecule has 1 aliphatic carbocycles. The predicted octanol–water partition coefficient (Wildman–Crippen LogP) is 7.10. The van der Waals surface area contributed by atoms with E-state index in [4.69, 9.17) is 0 Å². The van der Waals surface area contributed by atoms with E-state index < -0.39 is 0 Å². The molecule has 0 N–H and O–H groups in total. The van der Waals surface area contributed by atoms with Crippen molar-refractivity contribution in [2.24, 2.45) is 0 Å². The summed E-state index contributed by atoms with van der Waals surface area (Å²) in [5.41, 5.74) is 3.78. The van der Waals surface area contributed by atoms with Crippen LogP contribution in [0.2, 0.25) is 0 Å². The molecule has 0 aliphatic heterocycles. The smallest absolute Gasteiger partial charge is 0.0705 e. The van der Waals surface area contributed by atoms with E-state index in [2.05, 4.69) is 71.7 Å². The first kappa shape index (κ1) is 15.6. The summed E-state index contributed by atoms with van der Waals surface area (Å²) in [7, 11) is 0. The molecule has 1 nitrogen and oxygen atoms in total. The topological polar surface area (TPSA) is 12.9 Å². The van der Waals surface area contributed by atoms with Crippen molar-refractivity contribution in [1.29, 1.82) is 0 Å². The van der Waals surface area contributed by atoms with Gasteiger partial charge in [-0.2, -0.15) is 0 Å². The van der Waals surface area contributed by atoms with Gasteiger partial charge in [-0.25, -0.2) is 0 Å². The molecule has 1 heteroatoms. The molecule has 1 aliphatic rings. The molecule has 1 fully saturated rings. The summed E-state index contributed by atoms with van der Waals surface area (Å²) in [6, 6.07) is 24.3. The molecule has 0 amide bonds. The van der Waals surface area contributed by atoms with Gasteiger partial charge in [0.2, 0.25) is 0 Å². The van der Waals surface area contributed by atoms with Crippen LogP contribution >= 0.6 is 0 Å². The molecule has 1 aromatic heterocycles. The van der Waals surface area contributed by atoms with Gasteiger partial charge in [0.15, 0.2) is 0 Å². The maximum absolute atomic E-state index is 4.67. The van der Waals surface area contributed by atoms with E-state index in [1.165, 1.54) is 64.8 Å². The van der Waals surface area contributed by atoms with Gasteiger partial charge in [0.25, 0.3) is 0 Å². The van der Waals surface area contributed by atoms with Gasteiger partial charge in [-0.1, -0.05) is 67.8 Å². The Morgan fingerprint density at radius 3 is 2.42 bits per heavy atom. The van der Waals surface area contributed by atoms with Crippen LogP contribution in [0.5, 0.6) is 0 Å². The van der Waals surface area contributed by atoms with Crippen molar-refractivity contribution in [3.05, 3.63) is 78.5 Å². The van der Waals surface area contributed by atoms with Crippen molar-refractivity contribution in [2.45, 2.75) is 38.0 Å². The van der Waals surface area contributed by atoms with Crippen LogP contribution in [-0.2, 0) is 0 Å². The second kappa shape index (κ2) is 6.57. The summed E-state index contributed by atoms with van der Waals surface area (Å²) in [5.74, 6) is 0.718. The van der Waals surface area contributed by atoms with Crippen LogP contribution < -0.4 is 0 Å². The van der Waals surface area contributed by atoms with Gasteiger partial charge in [0.05, 0.1) is 5.69 Å². The minimum Gasteiger partial charge on any atom is -0.256 e. The van der Waals surface area contributed by atoms with Crippen LogP contribution in [-0.4, -0.2) is 4.98 Å². The lowest BCUT2D eigenvalue weighted by Crippen LogP contribution is -2.04. The lowest BCUT2D eigenvalue weighted by atomic mass is 9.84. The minimum atomic E-state index is 0.718. The second-order valence-corrected chi connectivity index (χ2v) is 7.53. The molecule has 0 bridgehead atoms. The average Bonchev–Trinajstić information content (AvgIpc) is 2.74. The third kappa shape index (κ3) is 2.78. The number of hydrogen-bond donors (Lipinski definition) is 0. The van der Waals surface area contributed by atoms with Crippen LogP contribution in [0.15, 0.2) is 72.9 Å². The SMILES string of the molecule is c1ccc2c(c1)ccc1cc(-c3cc(C4CCCCC4)ccn3)ccc12. The van der Waals surface area contributed by atoms with Crippen LogP contribution in [0.1, 0.15) is 43.6 Å². The number of hydrogen-bond acceptors (Lipinski definition) is 1. The normalized spacial score (nSPS) is 15.5. The lowest BCUT2D eigenvalue weighted by molar-refractivity contribution is 0.443. The molecule has 0 atom stereocenters. The van der Waals surface area contributed by atoms with Crippen LogP contribution in [0.25, 0.3) is 32.8 Å². The van der Waals surface area contributed by atoms with Gasteiger partial charge in [-0.05, 0) is 64.1 Å². The predicted molar refractivity (Wildman–Crippen MR) is 111 cm³/mol. The highest BCUT2D eigenvalue weighted by atomic mass is 14.7. The van der Waals surface area contributed by atoms with E-state index in [-0.39, 0.29) is 0 Å². The molecule has 1 saturated carbocycles. The summed E-state index contributed by atoms with van der Waals surface area (Å²) in [6.07, 6.45) is 8.77. The lowest BCUT2D eigenvalue weighted by Gasteiger charge is -2.22. The van der Waals surface area contributed by atoms with Crippen LogP contribution in [0.3, 0.4) is 0 Å². The first-order valence-corrected chi connectivity index (χ1v) is 9.76. The van der Waals surface area contributed by atoms with E-state index in [1.54, 1.807) is 0 Å². The van der Waals surface area contributed by atoms with E-state index in [0.29, 0.717) is 0 Å². The fourth-order valence-corrected chi connectivity index (χ4v) is 4.47. The molecule has 0 radical (unpaired) electrons. The zero-order chi connectivity index (χ0) is 17.3. The van der Waals surface area contributed by atoms with E-state index in [1.807, 2.05) is 6.20 Å². The molecule has 3 aromatic carbocycles. The van der Waals surface area contributed by atoms with E-state index in [9.17, 15) is 0 Å². The Labute approximate surface area is 154 Å². The highest BCUT2D eigenvalue weighted by Crippen LogP contribution is 2.34. The highest BCUT2D eigenvalue weighted by Gasteiger charge is 2.16. The summed E-state index contributed by atoms with van der Waals surface area (Å²) < 4.78 is 0. The van der Waals surface area contributed by atoms with E-state index >= 15 is 0 Å². The van der Waals surface area contributed by atoms with Crippen molar-refractivity contribution in [2.75, 3.05) is 0 Å². The zero-order valence-corrected chi connectivity index (χ0v) is 15.0. The number of aromatic nitrogens is 1. The molecule has 26 heavy (non-hydrogen) atoms. The largest absolute Gasteiger partial charge is 0.256 e. The second-order valence-electron chi connectivity index (χ2n) is 7.53. The van der Waals surface area contributed by atoms with Gasteiger partial charge in [0.1, 0.15) is 0 Å². The van der Waals surface area contributed by atoms with E-state index in [0.717, 1.165) is 11.6 Å². The average molecular weight is 337 g/mol. The number of pyridine rings is 1. The van der Waals surface area contributed by atoms with Gasteiger partial charge in [-0.3, -0.25) is 4.98 Å². The first-order valence-electron chi connectivity index (χ1n) is 9.76. The maximum atomic E-state index is 4.67. The van der Waals surface area contributed by atoms with Crippen molar-refractivity contribution in [1.82, 2.24) is 4.98 Å². The van der Waals surface area contributed by atoms with Gasteiger partial charge in [-0.15, -0.1) is 0 Å². The Morgan fingerprint density at radius 2 is 1.50 bits per heavy atom. The van der Waals surface area contributed by atoms with Crippen molar-refractivity contribution >= 4 is 21.5 Å². The zero-order valence-electron chi connectivity index (χ0n) is 15.0. The van der Waals surface area contributed by atoms with Crippen LogP contribution in [0, 0.1) is 0 Å². The van der Waals surface area contributed by atoms with Gasteiger partial charge < -0.3 is 0 Å². The Hall–Kier alpha value is -2.67. The molecule has 0 unspecified atom stereocenters. The fourth-order valence-electron chi connectivity index (χ4n) is 4.47. The summed E-state index contributed by atoms with van der Waals surface area (Å²) in [4.78, 5) is 4.67. The molecule has 0 spiro atoms. The third-order valence-corrected chi connectivity index (χ3v) is 5.90. The molecule has 4 aromatic rings. The summed E-state index contributed by atoms with van der Waals surface area (Å²) in [5, 5.41) is 5.21. The molecule has 128 valence electrons. The fraction of sp³-hybridized carbons (Fsp3) is 0.240. The molecule has 0 saturated heterocycles. The number of rotatable bonds is 2. The Balaban J connectivity index is 1.57. The molecule has 1 heterocycles. The Bertz CT molecular complexity index is 1070. The van der Waals surface area contributed by atoms with Crippen molar-refractivity contribution in [3.63, 3.8) is 0 Å². The number of nitrogens with zero attached hydrogens (tertiary/aromatic N) is 1. The monoisotopic (exact) mass is 337 g/mol. The summed E-state index contributed by atoms with van der Waals surface area (Å²) in [6.45, 7) is 0. The first-order chi connectivity index (χ1) is 12.9. The molecule has 5 rings (SSSR count). The maximum Gasteiger partial charge on any atom is 0.0705 e. The van der Waals surface area contributed by atoms with Gasteiger partial charge in [0, 0.05) is 11.8 Å². The summed E-state index contributed by atoms with van der Waals surface area (Å²) >= 11 is 0. The quantitative estimate of drug-likeness (QED) is 0.355. The highest BCUT2D eigenvalue weighted by molar-refractivity contribution is 6.08. The third-order valence-electron chi connectivity index (χ3n) is 5.90. The Morgan fingerprint density at radius 1 is 0.692 bits per heavy atom. The molecular formula is C25H23N. The van der Waals surface area contributed by atoms with Gasteiger partial charge >= 0.3 is 0 Å². The molecular weight excluding hydrogens is 314 g/mol.